The molecule has 1 heteroatoms. The van der Waals surface area contributed by atoms with Crippen molar-refractivity contribution in [3.63, 3.8) is 0 Å². The van der Waals surface area contributed by atoms with Gasteiger partial charge in [0.05, 0.1) is 0 Å². The van der Waals surface area contributed by atoms with E-state index in [-0.39, 0.29) is 37.7 Å². The first kappa shape index (κ1) is 8.26. The zero-order valence-corrected chi connectivity index (χ0v) is 6.90. The van der Waals surface area contributed by atoms with Crippen LogP contribution < -0.4 is 0 Å². The quantitative estimate of drug-likeness (QED) is 0.337. The maximum absolute atomic E-state index is 3.91. The molecule has 0 amide bonds. The first-order chi connectivity index (χ1) is 2.89. The molecular formula is C6H10Ca. The standard InChI is InChI=1S/C6H10.Ca/c1-6-4-2-3-5-6;/h2,6H,1,3-5H2;/q-2;+2/t6-;/m1./s1. The molecule has 1 saturated carbocycles. The van der Waals surface area contributed by atoms with Crippen LogP contribution in [0.3, 0.4) is 0 Å². The monoisotopic (exact) mass is 122 g/mol. The fourth-order valence-corrected chi connectivity index (χ4v) is 0.825. The van der Waals surface area contributed by atoms with Gasteiger partial charge >= 0.3 is 37.7 Å². The van der Waals surface area contributed by atoms with Crippen LogP contribution in [0.5, 0.6) is 0 Å². The van der Waals surface area contributed by atoms with Gasteiger partial charge in [0.15, 0.2) is 0 Å². The Kier molecular flexibility index (Phi) is 4.92. The van der Waals surface area contributed by atoms with E-state index in [4.69, 9.17) is 0 Å². The second-order valence-electron chi connectivity index (χ2n) is 1.97. The largest absolute Gasteiger partial charge is 2.00 e. The van der Waals surface area contributed by atoms with Crippen LogP contribution in [-0.2, 0) is 0 Å². The summed E-state index contributed by atoms with van der Waals surface area (Å²) < 4.78 is 0. The van der Waals surface area contributed by atoms with Gasteiger partial charge in [-0.2, -0.15) is 12.3 Å². The van der Waals surface area contributed by atoms with Crippen LogP contribution >= 0.6 is 0 Å². The van der Waals surface area contributed by atoms with Crippen LogP contribution in [0.1, 0.15) is 19.3 Å². The van der Waals surface area contributed by atoms with Gasteiger partial charge in [0.2, 0.25) is 0 Å². The van der Waals surface area contributed by atoms with Crippen molar-refractivity contribution in [1.29, 1.82) is 0 Å². The van der Waals surface area contributed by atoms with E-state index in [0.717, 1.165) is 5.92 Å². The van der Waals surface area contributed by atoms with Crippen LogP contribution in [0, 0.1) is 19.3 Å². The van der Waals surface area contributed by atoms with Crippen molar-refractivity contribution in [1.82, 2.24) is 0 Å². The summed E-state index contributed by atoms with van der Waals surface area (Å²) in [5.41, 5.74) is 0. The summed E-state index contributed by atoms with van der Waals surface area (Å²) in [6, 6.07) is 0. The van der Waals surface area contributed by atoms with Gasteiger partial charge in [0.25, 0.3) is 0 Å². The first-order valence-corrected chi connectivity index (χ1v) is 2.54. The number of rotatable bonds is 0. The Labute approximate surface area is 75.7 Å². The fourth-order valence-electron chi connectivity index (χ4n) is 0.825. The maximum atomic E-state index is 3.91. The number of hydrogen-bond acceptors (Lipinski definition) is 0. The van der Waals surface area contributed by atoms with Crippen molar-refractivity contribution in [2.24, 2.45) is 5.92 Å². The summed E-state index contributed by atoms with van der Waals surface area (Å²) in [5, 5.41) is 0. The molecule has 0 bridgehead atoms. The van der Waals surface area contributed by atoms with Crippen molar-refractivity contribution >= 4 is 37.7 Å². The predicted octanol–water partition coefficient (Wildman–Crippen LogP) is 1.44. The summed E-state index contributed by atoms with van der Waals surface area (Å²) in [6.45, 7) is 3.91. The summed E-state index contributed by atoms with van der Waals surface area (Å²) in [7, 11) is 0. The molecule has 0 spiro atoms. The van der Waals surface area contributed by atoms with E-state index in [1.807, 2.05) is 0 Å². The second kappa shape index (κ2) is 4.17. The molecule has 0 unspecified atom stereocenters. The Morgan fingerprint density at radius 3 is 2.43 bits per heavy atom. The molecule has 0 radical (unpaired) electrons. The van der Waals surface area contributed by atoms with Gasteiger partial charge in [-0.25, -0.2) is 6.42 Å². The Morgan fingerprint density at radius 1 is 1.57 bits per heavy atom. The van der Waals surface area contributed by atoms with E-state index >= 15 is 0 Å². The van der Waals surface area contributed by atoms with Crippen molar-refractivity contribution in [2.75, 3.05) is 0 Å². The molecule has 1 aliphatic carbocycles. The molecule has 1 fully saturated rings. The van der Waals surface area contributed by atoms with E-state index in [9.17, 15) is 0 Å². The minimum absolute atomic E-state index is 0. The summed E-state index contributed by atoms with van der Waals surface area (Å²) in [4.78, 5) is 0. The maximum Gasteiger partial charge on any atom is 2.00 e. The molecule has 1 rings (SSSR count). The van der Waals surface area contributed by atoms with Crippen molar-refractivity contribution in [3.8, 4) is 0 Å². The topological polar surface area (TPSA) is 0 Å². The zero-order valence-electron chi connectivity index (χ0n) is 4.69. The molecule has 0 aromatic heterocycles. The summed E-state index contributed by atoms with van der Waals surface area (Å²) in [5.74, 6) is 0.741. The minimum atomic E-state index is 0. The second-order valence-corrected chi connectivity index (χ2v) is 1.97. The van der Waals surface area contributed by atoms with Crippen LogP contribution in [-0.4, -0.2) is 37.7 Å². The van der Waals surface area contributed by atoms with E-state index < -0.39 is 0 Å². The molecule has 0 heterocycles. The molecule has 0 N–H and O–H groups in total. The summed E-state index contributed by atoms with van der Waals surface area (Å²) in [6.07, 6.45) is 6.19. The molecule has 36 valence electrons. The van der Waals surface area contributed by atoms with Crippen molar-refractivity contribution in [3.05, 3.63) is 13.3 Å². The molecule has 0 aromatic rings. The molecule has 7 heavy (non-hydrogen) atoms. The minimum Gasteiger partial charge on any atom is -0.343 e. The van der Waals surface area contributed by atoms with Gasteiger partial charge in [-0.3, -0.25) is 0 Å². The Balaban J connectivity index is 0.000000360. The van der Waals surface area contributed by atoms with Crippen LogP contribution in [0.4, 0.5) is 0 Å². The third-order valence-electron chi connectivity index (χ3n) is 1.28. The van der Waals surface area contributed by atoms with Gasteiger partial charge in [-0.15, -0.1) is 6.42 Å². The predicted molar refractivity (Wildman–Crippen MR) is 32.8 cm³/mol. The Hall–Kier alpha value is 1.26. The molecular weight excluding hydrogens is 112 g/mol. The Morgan fingerprint density at radius 2 is 2.29 bits per heavy atom. The van der Waals surface area contributed by atoms with Gasteiger partial charge in [-0.05, 0) is 0 Å². The van der Waals surface area contributed by atoms with Crippen LogP contribution in [0.15, 0.2) is 0 Å². The number of hydrogen-bond donors (Lipinski definition) is 0. The van der Waals surface area contributed by atoms with Gasteiger partial charge in [-0.1, -0.05) is 0 Å². The molecule has 1 aliphatic rings. The van der Waals surface area contributed by atoms with Gasteiger partial charge < -0.3 is 13.3 Å². The Bertz CT molecular complexity index is 37.4. The van der Waals surface area contributed by atoms with Crippen LogP contribution in [0.2, 0.25) is 0 Å². The van der Waals surface area contributed by atoms with Gasteiger partial charge in [0.1, 0.15) is 0 Å². The SMILES string of the molecule is [CH2-][C@@H]1C[CH-]CC1.[Ca+2]. The molecule has 0 aromatic carbocycles. The van der Waals surface area contributed by atoms with Crippen LogP contribution in [0.25, 0.3) is 0 Å². The molecule has 0 saturated heterocycles. The van der Waals surface area contributed by atoms with E-state index in [2.05, 4.69) is 13.3 Å². The smallest absolute Gasteiger partial charge is 0.343 e. The van der Waals surface area contributed by atoms with E-state index in [1.54, 1.807) is 0 Å². The average molecular weight is 122 g/mol. The van der Waals surface area contributed by atoms with Crippen molar-refractivity contribution < 1.29 is 0 Å². The van der Waals surface area contributed by atoms with Crippen molar-refractivity contribution in [2.45, 2.75) is 19.3 Å². The van der Waals surface area contributed by atoms with E-state index in [1.165, 1.54) is 19.3 Å². The average Bonchev–Trinajstić information content (AvgIpc) is 1.86. The molecule has 1 atom stereocenters. The van der Waals surface area contributed by atoms with E-state index in [0.29, 0.717) is 0 Å². The van der Waals surface area contributed by atoms with Gasteiger partial charge in [0, 0.05) is 0 Å². The third-order valence-corrected chi connectivity index (χ3v) is 1.28. The molecule has 0 aliphatic heterocycles. The zero-order chi connectivity index (χ0) is 4.41. The summed E-state index contributed by atoms with van der Waals surface area (Å²) >= 11 is 0. The fraction of sp³-hybridized carbons (Fsp3) is 0.667. The first-order valence-electron chi connectivity index (χ1n) is 2.54. The third kappa shape index (κ3) is 2.94. The normalized spacial score (nSPS) is 29.6. The molecule has 0 nitrogen and oxygen atoms in total.